The number of para-hydroxylation sites is 1. The van der Waals surface area contributed by atoms with Crippen LogP contribution in [0.4, 0.5) is 11.4 Å². The molecular weight excluding hydrogens is 400 g/mol. The van der Waals surface area contributed by atoms with Gasteiger partial charge in [0.15, 0.2) is 15.8 Å². The largest absolute Gasteiger partial charge is 0.493 e. The van der Waals surface area contributed by atoms with E-state index in [1.165, 1.54) is 29.2 Å². The van der Waals surface area contributed by atoms with Gasteiger partial charge >= 0.3 is 0 Å². The molecule has 1 aliphatic rings. The second-order valence-electron chi connectivity index (χ2n) is 5.60. The number of thiocarbonyl (C=S) groups is 1. The molecule has 1 amide bonds. The zero-order valence-electron chi connectivity index (χ0n) is 15.1. The highest BCUT2D eigenvalue weighted by Crippen LogP contribution is 2.39. The molecule has 0 saturated carbocycles. The smallest absolute Gasteiger partial charge is 0.270 e. The van der Waals surface area contributed by atoms with Crippen LogP contribution >= 0.6 is 24.0 Å². The van der Waals surface area contributed by atoms with Gasteiger partial charge in [-0.25, -0.2) is 0 Å². The van der Waals surface area contributed by atoms with Crippen molar-refractivity contribution >= 4 is 51.7 Å². The Balaban J connectivity index is 1.95. The molecule has 28 heavy (non-hydrogen) atoms. The molecule has 1 aliphatic heterocycles. The topological polar surface area (TPSA) is 81.9 Å². The van der Waals surface area contributed by atoms with Crippen molar-refractivity contribution in [3.8, 4) is 11.5 Å². The van der Waals surface area contributed by atoms with Gasteiger partial charge in [0.25, 0.3) is 11.6 Å². The second-order valence-corrected chi connectivity index (χ2v) is 7.28. The van der Waals surface area contributed by atoms with Crippen LogP contribution < -0.4 is 14.4 Å². The highest BCUT2D eigenvalue weighted by molar-refractivity contribution is 8.27. The van der Waals surface area contributed by atoms with Crippen molar-refractivity contribution in [1.29, 1.82) is 0 Å². The number of amides is 1. The van der Waals surface area contributed by atoms with Crippen LogP contribution in [0.3, 0.4) is 0 Å². The van der Waals surface area contributed by atoms with Gasteiger partial charge in [-0.2, -0.15) is 0 Å². The van der Waals surface area contributed by atoms with Crippen molar-refractivity contribution in [2.75, 3.05) is 18.6 Å². The molecule has 144 valence electrons. The number of hydrogen-bond acceptors (Lipinski definition) is 7. The Kier molecular flexibility index (Phi) is 5.96. The first-order chi connectivity index (χ1) is 13.5. The number of methoxy groups -OCH3 is 1. The predicted molar refractivity (Wildman–Crippen MR) is 113 cm³/mol. The Labute approximate surface area is 171 Å². The van der Waals surface area contributed by atoms with E-state index in [-0.39, 0.29) is 11.6 Å². The first kappa shape index (κ1) is 19.8. The Morgan fingerprint density at radius 2 is 1.96 bits per heavy atom. The highest BCUT2D eigenvalue weighted by atomic mass is 32.2. The fraction of sp³-hybridized carbons (Fsp3) is 0.158. The van der Waals surface area contributed by atoms with E-state index >= 15 is 0 Å². The van der Waals surface area contributed by atoms with Crippen LogP contribution in [-0.4, -0.2) is 28.9 Å². The van der Waals surface area contributed by atoms with Crippen LogP contribution in [0.15, 0.2) is 47.4 Å². The van der Waals surface area contributed by atoms with E-state index < -0.39 is 4.92 Å². The monoisotopic (exact) mass is 416 g/mol. The summed E-state index contributed by atoms with van der Waals surface area (Å²) in [6.07, 6.45) is 1.71. The minimum absolute atomic E-state index is 0.0533. The summed E-state index contributed by atoms with van der Waals surface area (Å²) in [5, 5.41) is 10.8. The standard InChI is InChI=1S/C19H16N2O5S2/c1-3-26-17-12(5-4-6-15(17)25-2)11-16-18(22)20(19(27)28-16)13-7-9-14(10-8-13)21(23)24/h4-11H,3H2,1-2H3/b16-11-. The molecule has 0 aromatic heterocycles. The predicted octanol–water partition coefficient (Wildman–Crippen LogP) is 4.41. The maximum atomic E-state index is 12.9. The lowest BCUT2D eigenvalue weighted by Crippen LogP contribution is -2.27. The van der Waals surface area contributed by atoms with E-state index in [1.54, 1.807) is 19.3 Å². The Hall–Kier alpha value is -2.91. The molecule has 1 saturated heterocycles. The third kappa shape index (κ3) is 3.85. The van der Waals surface area contributed by atoms with Crippen molar-refractivity contribution in [2.45, 2.75) is 6.92 Å². The third-order valence-corrected chi connectivity index (χ3v) is 5.22. The molecule has 3 rings (SSSR count). The molecule has 1 fully saturated rings. The Morgan fingerprint density at radius 1 is 1.25 bits per heavy atom. The first-order valence-corrected chi connectivity index (χ1v) is 9.51. The number of nitro benzene ring substituents is 1. The molecule has 2 aromatic carbocycles. The number of rotatable bonds is 6. The quantitative estimate of drug-likeness (QED) is 0.299. The summed E-state index contributed by atoms with van der Waals surface area (Å²) in [7, 11) is 1.55. The second kappa shape index (κ2) is 8.41. The molecule has 0 N–H and O–H groups in total. The average Bonchev–Trinajstić information content (AvgIpc) is 2.96. The van der Waals surface area contributed by atoms with Gasteiger partial charge in [0.2, 0.25) is 0 Å². The average molecular weight is 416 g/mol. The van der Waals surface area contributed by atoms with Gasteiger partial charge in [-0.1, -0.05) is 36.1 Å². The number of carbonyl (C=O) groups is 1. The number of benzene rings is 2. The number of ether oxygens (including phenoxy) is 2. The van der Waals surface area contributed by atoms with Gasteiger partial charge in [0, 0.05) is 17.7 Å². The maximum Gasteiger partial charge on any atom is 0.270 e. The van der Waals surface area contributed by atoms with Crippen LogP contribution in [0.5, 0.6) is 11.5 Å². The maximum absolute atomic E-state index is 12.9. The molecule has 9 heteroatoms. The molecule has 0 radical (unpaired) electrons. The Morgan fingerprint density at radius 3 is 2.57 bits per heavy atom. The number of carbonyl (C=O) groups excluding carboxylic acids is 1. The molecule has 0 spiro atoms. The number of thioether (sulfide) groups is 1. The summed E-state index contributed by atoms with van der Waals surface area (Å²) in [4.78, 5) is 25.0. The van der Waals surface area contributed by atoms with E-state index in [9.17, 15) is 14.9 Å². The summed E-state index contributed by atoms with van der Waals surface area (Å²) in [5.41, 5.74) is 1.13. The number of anilines is 1. The van der Waals surface area contributed by atoms with E-state index in [4.69, 9.17) is 21.7 Å². The van der Waals surface area contributed by atoms with Gasteiger partial charge < -0.3 is 9.47 Å². The molecule has 7 nitrogen and oxygen atoms in total. The number of nitro groups is 1. The van der Waals surface area contributed by atoms with Crippen LogP contribution in [0.25, 0.3) is 6.08 Å². The van der Waals surface area contributed by atoms with Crippen molar-refractivity contribution in [1.82, 2.24) is 0 Å². The van der Waals surface area contributed by atoms with Crippen molar-refractivity contribution < 1.29 is 19.2 Å². The van der Waals surface area contributed by atoms with Crippen LogP contribution in [0.1, 0.15) is 12.5 Å². The number of nitrogens with zero attached hydrogens (tertiary/aromatic N) is 2. The normalized spacial score (nSPS) is 15.2. The van der Waals surface area contributed by atoms with Gasteiger partial charge in [-0.15, -0.1) is 0 Å². The van der Waals surface area contributed by atoms with Crippen molar-refractivity contribution in [3.63, 3.8) is 0 Å². The summed E-state index contributed by atoms with van der Waals surface area (Å²) in [6, 6.07) is 11.1. The fourth-order valence-electron chi connectivity index (χ4n) is 2.66. The number of non-ortho nitro benzene ring substituents is 1. The molecule has 0 bridgehead atoms. The SMILES string of the molecule is CCOc1c(/C=C2\SC(=S)N(c3ccc([N+](=O)[O-])cc3)C2=O)cccc1OC. The van der Waals surface area contributed by atoms with E-state index in [1.807, 2.05) is 19.1 Å². The fourth-order valence-corrected chi connectivity index (χ4v) is 3.95. The summed E-state index contributed by atoms with van der Waals surface area (Å²) in [5.74, 6) is 0.823. The van der Waals surface area contributed by atoms with Crippen molar-refractivity contribution in [2.24, 2.45) is 0 Å². The van der Waals surface area contributed by atoms with Crippen LogP contribution in [0, 0.1) is 10.1 Å². The lowest BCUT2D eigenvalue weighted by atomic mass is 10.1. The van der Waals surface area contributed by atoms with Crippen LogP contribution in [-0.2, 0) is 4.79 Å². The van der Waals surface area contributed by atoms with Gasteiger partial charge in [0.05, 0.1) is 29.2 Å². The van der Waals surface area contributed by atoms with Gasteiger partial charge in [0.1, 0.15) is 0 Å². The van der Waals surface area contributed by atoms with Gasteiger partial charge in [-0.3, -0.25) is 19.8 Å². The minimum Gasteiger partial charge on any atom is -0.493 e. The number of hydrogen-bond donors (Lipinski definition) is 0. The molecule has 0 aliphatic carbocycles. The molecule has 0 atom stereocenters. The lowest BCUT2D eigenvalue weighted by molar-refractivity contribution is -0.384. The highest BCUT2D eigenvalue weighted by Gasteiger charge is 2.33. The summed E-state index contributed by atoms with van der Waals surface area (Å²) < 4.78 is 11.4. The Bertz CT molecular complexity index is 973. The lowest BCUT2D eigenvalue weighted by Gasteiger charge is -2.14. The van der Waals surface area contributed by atoms with Crippen LogP contribution in [0.2, 0.25) is 0 Å². The minimum atomic E-state index is -0.494. The van der Waals surface area contributed by atoms with E-state index in [0.29, 0.717) is 38.6 Å². The van der Waals surface area contributed by atoms with E-state index in [0.717, 1.165) is 11.8 Å². The molecule has 0 unspecified atom stereocenters. The first-order valence-electron chi connectivity index (χ1n) is 8.28. The van der Waals surface area contributed by atoms with Gasteiger partial charge in [-0.05, 0) is 31.2 Å². The van der Waals surface area contributed by atoms with E-state index in [2.05, 4.69) is 0 Å². The zero-order chi connectivity index (χ0) is 20.3. The molecule has 1 heterocycles. The summed E-state index contributed by atoms with van der Waals surface area (Å²) >= 11 is 6.51. The third-order valence-electron chi connectivity index (χ3n) is 3.92. The molecular formula is C19H16N2O5S2. The van der Waals surface area contributed by atoms with Crippen molar-refractivity contribution in [3.05, 3.63) is 63.0 Å². The zero-order valence-corrected chi connectivity index (χ0v) is 16.7. The molecule has 2 aromatic rings. The summed E-state index contributed by atoms with van der Waals surface area (Å²) in [6.45, 7) is 2.31.